The fourth-order valence-corrected chi connectivity index (χ4v) is 2.56. The van der Waals surface area contributed by atoms with E-state index in [1.54, 1.807) is 12.4 Å². The van der Waals surface area contributed by atoms with Crippen molar-refractivity contribution in [1.82, 2.24) is 14.8 Å². The van der Waals surface area contributed by atoms with E-state index in [9.17, 15) is 4.79 Å². The van der Waals surface area contributed by atoms with Crippen molar-refractivity contribution < 1.29 is 4.79 Å². The van der Waals surface area contributed by atoms with Crippen LogP contribution in [0.1, 0.15) is 12.5 Å². The molecular formula is C13H18BrN3O. The van der Waals surface area contributed by atoms with Gasteiger partial charge in [0.1, 0.15) is 0 Å². The zero-order valence-corrected chi connectivity index (χ0v) is 12.2. The zero-order chi connectivity index (χ0) is 13.0. The number of aromatic nitrogens is 1. The summed E-state index contributed by atoms with van der Waals surface area (Å²) in [6, 6.07) is 1.95. The minimum Gasteiger partial charge on any atom is -0.340 e. The zero-order valence-electron chi connectivity index (χ0n) is 10.6. The third-order valence-electron chi connectivity index (χ3n) is 3.29. The van der Waals surface area contributed by atoms with Crippen molar-refractivity contribution in [2.75, 3.05) is 32.7 Å². The molecule has 0 atom stereocenters. The lowest BCUT2D eigenvalue weighted by Crippen LogP contribution is -2.48. The largest absolute Gasteiger partial charge is 0.340 e. The monoisotopic (exact) mass is 311 g/mol. The number of carbonyl (C=O) groups is 1. The summed E-state index contributed by atoms with van der Waals surface area (Å²) in [6.07, 6.45) is 3.93. The molecule has 2 rings (SSSR count). The van der Waals surface area contributed by atoms with Crippen LogP contribution in [0.5, 0.6) is 0 Å². The molecule has 0 aromatic carbocycles. The Balaban J connectivity index is 1.89. The van der Waals surface area contributed by atoms with E-state index in [0.29, 0.717) is 6.42 Å². The van der Waals surface area contributed by atoms with Crippen molar-refractivity contribution in [3.05, 3.63) is 28.5 Å². The Labute approximate surface area is 116 Å². The smallest absolute Gasteiger partial charge is 0.227 e. The first-order valence-electron chi connectivity index (χ1n) is 6.28. The molecule has 2 heterocycles. The lowest BCUT2D eigenvalue weighted by atomic mass is 10.2. The number of halogens is 1. The van der Waals surface area contributed by atoms with Crippen molar-refractivity contribution >= 4 is 21.8 Å². The van der Waals surface area contributed by atoms with Crippen LogP contribution in [-0.4, -0.2) is 53.4 Å². The number of hydrogen-bond acceptors (Lipinski definition) is 3. The Hall–Kier alpha value is -0.940. The Morgan fingerprint density at radius 2 is 2.06 bits per heavy atom. The molecule has 1 aliphatic heterocycles. The summed E-state index contributed by atoms with van der Waals surface area (Å²) in [5.74, 6) is 0.200. The summed E-state index contributed by atoms with van der Waals surface area (Å²) in [5.41, 5.74) is 0.965. The molecule has 0 aliphatic carbocycles. The SMILES string of the molecule is CCN1CCN(C(=O)Cc2cncc(Br)c2)CC1. The highest BCUT2D eigenvalue weighted by atomic mass is 79.9. The van der Waals surface area contributed by atoms with E-state index < -0.39 is 0 Å². The molecule has 98 valence electrons. The Morgan fingerprint density at radius 1 is 1.33 bits per heavy atom. The molecule has 0 spiro atoms. The van der Waals surface area contributed by atoms with Crippen LogP contribution in [0, 0.1) is 0 Å². The van der Waals surface area contributed by atoms with E-state index in [-0.39, 0.29) is 5.91 Å². The van der Waals surface area contributed by atoms with E-state index in [4.69, 9.17) is 0 Å². The van der Waals surface area contributed by atoms with Gasteiger partial charge in [0.2, 0.25) is 5.91 Å². The number of hydrogen-bond donors (Lipinski definition) is 0. The summed E-state index contributed by atoms with van der Waals surface area (Å²) >= 11 is 3.37. The van der Waals surface area contributed by atoms with Gasteiger partial charge in [-0.05, 0) is 34.1 Å². The molecule has 1 aliphatic rings. The number of pyridine rings is 1. The Kier molecular flexibility index (Phi) is 4.72. The van der Waals surface area contributed by atoms with Crippen LogP contribution in [0.2, 0.25) is 0 Å². The lowest BCUT2D eigenvalue weighted by Gasteiger charge is -2.34. The fourth-order valence-electron chi connectivity index (χ4n) is 2.15. The second kappa shape index (κ2) is 6.29. The van der Waals surface area contributed by atoms with Crippen molar-refractivity contribution in [3.8, 4) is 0 Å². The van der Waals surface area contributed by atoms with Crippen LogP contribution in [0.15, 0.2) is 22.9 Å². The number of amides is 1. The van der Waals surface area contributed by atoms with Crippen molar-refractivity contribution in [3.63, 3.8) is 0 Å². The highest BCUT2D eigenvalue weighted by Crippen LogP contribution is 2.11. The average Bonchev–Trinajstić information content (AvgIpc) is 2.39. The first-order valence-corrected chi connectivity index (χ1v) is 7.08. The third-order valence-corrected chi connectivity index (χ3v) is 3.72. The molecule has 1 saturated heterocycles. The lowest BCUT2D eigenvalue weighted by molar-refractivity contribution is -0.132. The molecule has 0 unspecified atom stereocenters. The summed E-state index contributed by atoms with van der Waals surface area (Å²) in [7, 11) is 0. The minimum absolute atomic E-state index is 0.200. The summed E-state index contributed by atoms with van der Waals surface area (Å²) < 4.78 is 0.920. The summed E-state index contributed by atoms with van der Waals surface area (Å²) in [5, 5.41) is 0. The van der Waals surface area contributed by atoms with Gasteiger partial charge in [0, 0.05) is 43.0 Å². The predicted octanol–water partition coefficient (Wildman–Crippen LogP) is 1.55. The average molecular weight is 312 g/mol. The van der Waals surface area contributed by atoms with Gasteiger partial charge in [-0.3, -0.25) is 9.78 Å². The topological polar surface area (TPSA) is 36.4 Å². The molecule has 1 amide bonds. The van der Waals surface area contributed by atoms with Crippen LogP contribution in [0.4, 0.5) is 0 Å². The number of piperazine rings is 1. The number of likely N-dealkylation sites (N-methyl/N-ethyl adjacent to an activating group) is 1. The normalized spacial score (nSPS) is 16.9. The standard InChI is InChI=1S/C13H18BrN3O/c1-2-16-3-5-17(6-4-16)13(18)8-11-7-12(14)10-15-9-11/h7,9-10H,2-6,8H2,1H3. The third kappa shape index (κ3) is 3.53. The van der Waals surface area contributed by atoms with Crippen LogP contribution >= 0.6 is 15.9 Å². The summed E-state index contributed by atoms with van der Waals surface area (Å²) in [4.78, 5) is 20.5. The number of rotatable bonds is 3. The van der Waals surface area contributed by atoms with Crippen LogP contribution in [-0.2, 0) is 11.2 Å². The first kappa shape index (κ1) is 13.5. The van der Waals surface area contributed by atoms with E-state index in [1.165, 1.54) is 0 Å². The van der Waals surface area contributed by atoms with E-state index in [2.05, 4.69) is 32.7 Å². The molecular weight excluding hydrogens is 294 g/mol. The van der Waals surface area contributed by atoms with Crippen molar-refractivity contribution in [1.29, 1.82) is 0 Å². The quantitative estimate of drug-likeness (QED) is 0.850. The molecule has 0 N–H and O–H groups in total. The molecule has 5 heteroatoms. The van der Waals surface area contributed by atoms with Gasteiger partial charge >= 0.3 is 0 Å². The van der Waals surface area contributed by atoms with Crippen LogP contribution in [0.3, 0.4) is 0 Å². The molecule has 0 bridgehead atoms. The van der Waals surface area contributed by atoms with Crippen molar-refractivity contribution in [2.45, 2.75) is 13.3 Å². The molecule has 0 saturated carbocycles. The van der Waals surface area contributed by atoms with Gasteiger partial charge in [-0.1, -0.05) is 6.92 Å². The van der Waals surface area contributed by atoms with E-state index >= 15 is 0 Å². The second-order valence-corrected chi connectivity index (χ2v) is 5.42. The molecule has 1 aromatic heterocycles. The minimum atomic E-state index is 0.200. The number of nitrogens with zero attached hydrogens (tertiary/aromatic N) is 3. The van der Waals surface area contributed by atoms with Crippen molar-refractivity contribution in [2.24, 2.45) is 0 Å². The van der Waals surface area contributed by atoms with Gasteiger partial charge in [0.25, 0.3) is 0 Å². The molecule has 0 radical (unpaired) electrons. The number of carbonyl (C=O) groups excluding carboxylic acids is 1. The van der Waals surface area contributed by atoms with Gasteiger partial charge < -0.3 is 9.80 Å². The highest BCUT2D eigenvalue weighted by molar-refractivity contribution is 9.10. The van der Waals surface area contributed by atoms with Gasteiger partial charge in [-0.2, -0.15) is 0 Å². The maximum atomic E-state index is 12.1. The van der Waals surface area contributed by atoms with Gasteiger partial charge in [-0.25, -0.2) is 0 Å². The first-order chi connectivity index (χ1) is 8.69. The molecule has 4 nitrogen and oxygen atoms in total. The Morgan fingerprint density at radius 3 is 2.67 bits per heavy atom. The Bertz CT molecular complexity index is 416. The van der Waals surface area contributed by atoms with Gasteiger partial charge in [-0.15, -0.1) is 0 Å². The maximum Gasteiger partial charge on any atom is 0.227 e. The van der Waals surface area contributed by atoms with Gasteiger partial charge in [0.15, 0.2) is 0 Å². The highest BCUT2D eigenvalue weighted by Gasteiger charge is 2.20. The van der Waals surface area contributed by atoms with Crippen LogP contribution in [0.25, 0.3) is 0 Å². The van der Waals surface area contributed by atoms with Gasteiger partial charge in [0.05, 0.1) is 6.42 Å². The second-order valence-electron chi connectivity index (χ2n) is 4.50. The van der Waals surface area contributed by atoms with E-state index in [0.717, 1.165) is 42.8 Å². The van der Waals surface area contributed by atoms with Crippen LogP contribution < -0.4 is 0 Å². The molecule has 1 aromatic rings. The van der Waals surface area contributed by atoms with E-state index in [1.807, 2.05) is 11.0 Å². The predicted molar refractivity (Wildman–Crippen MR) is 74.3 cm³/mol. The molecule has 1 fully saturated rings. The summed E-state index contributed by atoms with van der Waals surface area (Å²) in [6.45, 7) is 6.88. The molecule has 18 heavy (non-hydrogen) atoms. The maximum absolute atomic E-state index is 12.1. The fraction of sp³-hybridized carbons (Fsp3) is 0.538.